The minimum absolute atomic E-state index is 0.225. The van der Waals surface area contributed by atoms with Crippen LogP contribution >= 0.6 is 0 Å². The quantitative estimate of drug-likeness (QED) is 0.819. The van der Waals surface area contributed by atoms with Crippen molar-refractivity contribution in [2.24, 2.45) is 0 Å². The van der Waals surface area contributed by atoms with E-state index in [1.807, 2.05) is 24.3 Å². The molecule has 0 aliphatic carbocycles. The molecule has 0 fully saturated rings. The Morgan fingerprint density at radius 1 is 1.35 bits per heavy atom. The number of rotatable bonds is 4. The van der Waals surface area contributed by atoms with Gasteiger partial charge in [-0.05, 0) is 37.6 Å². The first-order chi connectivity index (χ1) is 8.20. The van der Waals surface area contributed by atoms with Gasteiger partial charge in [-0.15, -0.1) is 0 Å². The molecule has 90 valence electrons. The standard InChI is InChI=1S/C14H18N2O/c1-3-4-10(2)17-14-7-8-16-13-9-11(15)5-6-12(13)14/h5-10H,3-4,15H2,1-2H3. The minimum Gasteiger partial charge on any atom is -0.490 e. The maximum absolute atomic E-state index is 5.93. The van der Waals surface area contributed by atoms with E-state index in [0.717, 1.165) is 35.2 Å². The van der Waals surface area contributed by atoms with Gasteiger partial charge in [0.15, 0.2) is 0 Å². The fourth-order valence-corrected chi connectivity index (χ4v) is 1.92. The van der Waals surface area contributed by atoms with Crippen molar-refractivity contribution in [2.75, 3.05) is 5.73 Å². The van der Waals surface area contributed by atoms with Gasteiger partial charge in [-0.2, -0.15) is 0 Å². The van der Waals surface area contributed by atoms with Crippen molar-refractivity contribution >= 4 is 16.6 Å². The number of ether oxygens (including phenoxy) is 1. The van der Waals surface area contributed by atoms with Gasteiger partial charge in [-0.25, -0.2) is 0 Å². The largest absolute Gasteiger partial charge is 0.490 e. The van der Waals surface area contributed by atoms with Gasteiger partial charge < -0.3 is 10.5 Å². The smallest absolute Gasteiger partial charge is 0.130 e. The van der Waals surface area contributed by atoms with E-state index in [0.29, 0.717) is 0 Å². The first-order valence-electron chi connectivity index (χ1n) is 6.01. The zero-order chi connectivity index (χ0) is 12.3. The molecule has 0 saturated heterocycles. The fraction of sp³-hybridized carbons (Fsp3) is 0.357. The van der Waals surface area contributed by atoms with Gasteiger partial charge in [0, 0.05) is 17.3 Å². The topological polar surface area (TPSA) is 48.1 Å². The third kappa shape index (κ3) is 2.67. The van der Waals surface area contributed by atoms with Crippen LogP contribution in [0, 0.1) is 0 Å². The van der Waals surface area contributed by atoms with Crippen LogP contribution in [0.3, 0.4) is 0 Å². The summed E-state index contributed by atoms with van der Waals surface area (Å²) in [4.78, 5) is 4.30. The second-order valence-electron chi connectivity index (χ2n) is 4.30. The molecule has 1 aromatic carbocycles. The Kier molecular flexibility index (Phi) is 3.47. The lowest BCUT2D eigenvalue weighted by Gasteiger charge is -2.15. The number of hydrogen-bond donors (Lipinski definition) is 1. The molecule has 3 heteroatoms. The Labute approximate surface area is 102 Å². The molecule has 2 N–H and O–H groups in total. The molecule has 3 nitrogen and oxygen atoms in total. The van der Waals surface area contributed by atoms with Gasteiger partial charge >= 0.3 is 0 Å². The number of nitrogens with two attached hydrogens (primary N) is 1. The van der Waals surface area contributed by atoms with Crippen molar-refractivity contribution in [3.8, 4) is 5.75 Å². The molecule has 0 saturated carbocycles. The molecular weight excluding hydrogens is 212 g/mol. The van der Waals surface area contributed by atoms with Crippen LogP contribution in [0.25, 0.3) is 10.9 Å². The zero-order valence-corrected chi connectivity index (χ0v) is 10.3. The molecule has 2 rings (SSSR count). The number of aromatic nitrogens is 1. The Hall–Kier alpha value is -1.77. The SMILES string of the molecule is CCCC(C)Oc1ccnc2cc(N)ccc12. The predicted octanol–water partition coefficient (Wildman–Crippen LogP) is 3.38. The van der Waals surface area contributed by atoms with Crippen molar-refractivity contribution < 1.29 is 4.74 Å². The average molecular weight is 230 g/mol. The van der Waals surface area contributed by atoms with E-state index < -0.39 is 0 Å². The molecule has 2 aromatic rings. The van der Waals surface area contributed by atoms with E-state index in [1.165, 1.54) is 0 Å². The first kappa shape index (κ1) is 11.7. The van der Waals surface area contributed by atoms with Crippen molar-refractivity contribution in [3.63, 3.8) is 0 Å². The maximum atomic E-state index is 5.93. The molecule has 0 amide bonds. The molecule has 1 atom stereocenters. The molecule has 1 aromatic heterocycles. The molecule has 1 unspecified atom stereocenters. The predicted molar refractivity (Wildman–Crippen MR) is 71.2 cm³/mol. The van der Waals surface area contributed by atoms with Gasteiger partial charge in [0.25, 0.3) is 0 Å². The lowest BCUT2D eigenvalue weighted by atomic mass is 10.2. The van der Waals surface area contributed by atoms with Crippen LogP contribution < -0.4 is 10.5 Å². The number of nitrogen functional groups attached to an aromatic ring is 1. The zero-order valence-electron chi connectivity index (χ0n) is 10.3. The summed E-state index contributed by atoms with van der Waals surface area (Å²) in [5.74, 6) is 0.885. The summed E-state index contributed by atoms with van der Waals surface area (Å²) < 4.78 is 5.93. The van der Waals surface area contributed by atoms with Crippen LogP contribution in [0.15, 0.2) is 30.5 Å². The molecule has 0 spiro atoms. The highest BCUT2D eigenvalue weighted by atomic mass is 16.5. The minimum atomic E-state index is 0.225. The van der Waals surface area contributed by atoms with E-state index in [4.69, 9.17) is 10.5 Å². The molecular formula is C14H18N2O. The molecule has 0 aliphatic rings. The van der Waals surface area contributed by atoms with E-state index in [9.17, 15) is 0 Å². The second kappa shape index (κ2) is 5.04. The third-order valence-corrected chi connectivity index (χ3v) is 2.75. The normalized spacial score (nSPS) is 12.6. The summed E-state index contributed by atoms with van der Waals surface area (Å²) in [7, 11) is 0. The van der Waals surface area contributed by atoms with Crippen molar-refractivity contribution in [1.82, 2.24) is 4.98 Å². The van der Waals surface area contributed by atoms with Gasteiger partial charge in [0.1, 0.15) is 5.75 Å². The van der Waals surface area contributed by atoms with E-state index >= 15 is 0 Å². The molecule has 0 aliphatic heterocycles. The first-order valence-corrected chi connectivity index (χ1v) is 6.01. The highest BCUT2D eigenvalue weighted by Crippen LogP contribution is 2.26. The van der Waals surface area contributed by atoms with Crippen LogP contribution in [0.5, 0.6) is 5.75 Å². The highest BCUT2D eigenvalue weighted by molar-refractivity contribution is 5.87. The average Bonchev–Trinajstić information content (AvgIpc) is 2.29. The fourth-order valence-electron chi connectivity index (χ4n) is 1.92. The Morgan fingerprint density at radius 2 is 2.18 bits per heavy atom. The lowest BCUT2D eigenvalue weighted by molar-refractivity contribution is 0.212. The van der Waals surface area contributed by atoms with Gasteiger partial charge in [0.2, 0.25) is 0 Å². The Morgan fingerprint density at radius 3 is 2.94 bits per heavy atom. The summed E-state index contributed by atoms with van der Waals surface area (Å²) in [5.41, 5.74) is 7.35. The van der Waals surface area contributed by atoms with Crippen LogP contribution in [-0.4, -0.2) is 11.1 Å². The Balaban J connectivity index is 2.34. The summed E-state index contributed by atoms with van der Waals surface area (Å²) in [6.45, 7) is 4.25. The number of benzene rings is 1. The summed E-state index contributed by atoms with van der Waals surface area (Å²) in [6.07, 6.45) is 4.16. The molecule has 1 heterocycles. The van der Waals surface area contributed by atoms with E-state index in [2.05, 4.69) is 18.8 Å². The monoisotopic (exact) mass is 230 g/mol. The van der Waals surface area contributed by atoms with Crippen LogP contribution in [0.2, 0.25) is 0 Å². The number of pyridine rings is 1. The van der Waals surface area contributed by atoms with Crippen LogP contribution in [0.1, 0.15) is 26.7 Å². The maximum Gasteiger partial charge on any atom is 0.130 e. The van der Waals surface area contributed by atoms with Crippen LogP contribution in [-0.2, 0) is 0 Å². The molecule has 0 bridgehead atoms. The lowest BCUT2D eigenvalue weighted by Crippen LogP contribution is -2.11. The van der Waals surface area contributed by atoms with E-state index in [-0.39, 0.29) is 6.10 Å². The van der Waals surface area contributed by atoms with Gasteiger partial charge in [0.05, 0.1) is 11.6 Å². The van der Waals surface area contributed by atoms with Crippen LogP contribution in [0.4, 0.5) is 5.69 Å². The van der Waals surface area contributed by atoms with Crippen molar-refractivity contribution in [1.29, 1.82) is 0 Å². The summed E-state index contributed by atoms with van der Waals surface area (Å²) >= 11 is 0. The second-order valence-corrected chi connectivity index (χ2v) is 4.30. The highest BCUT2D eigenvalue weighted by Gasteiger charge is 2.07. The Bertz CT molecular complexity index is 511. The van der Waals surface area contributed by atoms with Crippen molar-refractivity contribution in [3.05, 3.63) is 30.5 Å². The number of anilines is 1. The third-order valence-electron chi connectivity index (χ3n) is 2.75. The van der Waals surface area contributed by atoms with Gasteiger partial charge in [-0.3, -0.25) is 4.98 Å². The number of hydrogen-bond acceptors (Lipinski definition) is 3. The van der Waals surface area contributed by atoms with Gasteiger partial charge in [-0.1, -0.05) is 13.3 Å². The van der Waals surface area contributed by atoms with E-state index in [1.54, 1.807) is 6.20 Å². The summed E-state index contributed by atoms with van der Waals surface area (Å²) in [5, 5.41) is 1.02. The summed E-state index contributed by atoms with van der Waals surface area (Å²) in [6, 6.07) is 7.62. The van der Waals surface area contributed by atoms with Crippen molar-refractivity contribution in [2.45, 2.75) is 32.8 Å². The number of fused-ring (bicyclic) bond motifs is 1. The number of nitrogens with zero attached hydrogens (tertiary/aromatic N) is 1. The molecule has 0 radical (unpaired) electrons. The molecule has 17 heavy (non-hydrogen) atoms.